The Morgan fingerprint density at radius 1 is 1.32 bits per heavy atom. The van der Waals surface area contributed by atoms with Gasteiger partial charge < -0.3 is 10.4 Å². The molecule has 0 radical (unpaired) electrons. The topological polar surface area (TPSA) is 86.7 Å². The number of aliphatic carboxylic acids is 1. The first-order valence-corrected chi connectivity index (χ1v) is 6.53. The van der Waals surface area contributed by atoms with Gasteiger partial charge in [0.1, 0.15) is 0 Å². The van der Waals surface area contributed by atoms with E-state index in [2.05, 4.69) is 5.32 Å². The van der Waals surface area contributed by atoms with Gasteiger partial charge in [0.2, 0.25) is 5.91 Å². The minimum atomic E-state index is -0.800. The van der Waals surface area contributed by atoms with Crippen LogP contribution in [0, 0.1) is 11.8 Å². The summed E-state index contributed by atoms with van der Waals surface area (Å²) in [5.74, 6) is -0.819. The molecule has 0 aromatic carbocycles. The van der Waals surface area contributed by atoms with Crippen LogP contribution in [0.5, 0.6) is 0 Å². The van der Waals surface area contributed by atoms with Gasteiger partial charge in [0.15, 0.2) is 5.78 Å². The summed E-state index contributed by atoms with van der Waals surface area (Å²) in [5.41, 5.74) is 0. The normalized spacial score (nSPS) is 17.9. The smallest absolute Gasteiger partial charge is 0.303 e. The van der Waals surface area contributed by atoms with Gasteiger partial charge in [-0.3, -0.25) is 19.3 Å². The van der Waals surface area contributed by atoms with Crippen molar-refractivity contribution in [3.63, 3.8) is 0 Å². The van der Waals surface area contributed by atoms with Crippen molar-refractivity contribution < 1.29 is 19.5 Å². The molecule has 6 nitrogen and oxygen atoms in total. The maximum Gasteiger partial charge on any atom is 0.303 e. The van der Waals surface area contributed by atoms with E-state index in [4.69, 9.17) is 5.11 Å². The van der Waals surface area contributed by atoms with Gasteiger partial charge in [-0.1, -0.05) is 13.8 Å². The number of nitrogens with zero attached hydrogens (tertiary/aromatic N) is 1. The van der Waals surface area contributed by atoms with Crippen LogP contribution in [0.1, 0.15) is 27.2 Å². The Bertz CT molecular complexity index is 362. The Kier molecular flexibility index (Phi) is 5.47. The van der Waals surface area contributed by atoms with Crippen LogP contribution in [-0.2, 0) is 14.4 Å². The maximum absolute atomic E-state index is 11.8. The summed E-state index contributed by atoms with van der Waals surface area (Å²) >= 11 is 0. The third-order valence-corrected chi connectivity index (χ3v) is 3.28. The van der Waals surface area contributed by atoms with Crippen molar-refractivity contribution in [2.24, 2.45) is 11.8 Å². The summed E-state index contributed by atoms with van der Waals surface area (Å²) in [6.45, 7) is 6.74. The lowest BCUT2D eigenvalue weighted by Gasteiger charge is -2.38. The predicted octanol–water partition coefficient (Wildman–Crippen LogP) is 0.123. The van der Waals surface area contributed by atoms with Gasteiger partial charge in [-0.15, -0.1) is 0 Å². The van der Waals surface area contributed by atoms with Gasteiger partial charge in [0, 0.05) is 13.1 Å². The van der Waals surface area contributed by atoms with E-state index < -0.39 is 12.0 Å². The summed E-state index contributed by atoms with van der Waals surface area (Å²) < 4.78 is 0. The number of carboxylic acid groups (broad SMARTS) is 1. The van der Waals surface area contributed by atoms with Crippen LogP contribution in [0.3, 0.4) is 0 Å². The molecule has 6 heteroatoms. The first-order valence-electron chi connectivity index (χ1n) is 6.53. The van der Waals surface area contributed by atoms with E-state index in [9.17, 15) is 14.4 Å². The van der Waals surface area contributed by atoms with Gasteiger partial charge in [-0.25, -0.2) is 0 Å². The van der Waals surface area contributed by atoms with Crippen molar-refractivity contribution in [2.75, 3.05) is 19.6 Å². The van der Waals surface area contributed by atoms with Crippen LogP contribution >= 0.6 is 0 Å². The SMILES string of the molecule is CC(=O)C(NC(=O)CN1CC(CC(=O)O)C1)C(C)C. The first-order chi connectivity index (χ1) is 8.79. The number of carboxylic acids is 1. The van der Waals surface area contributed by atoms with Crippen molar-refractivity contribution in [3.05, 3.63) is 0 Å². The van der Waals surface area contributed by atoms with Gasteiger partial charge in [0.25, 0.3) is 0 Å². The van der Waals surface area contributed by atoms with E-state index in [1.807, 2.05) is 18.7 Å². The molecule has 1 atom stereocenters. The molecule has 0 bridgehead atoms. The zero-order chi connectivity index (χ0) is 14.6. The minimum absolute atomic E-state index is 0.0456. The molecule has 19 heavy (non-hydrogen) atoms. The fourth-order valence-electron chi connectivity index (χ4n) is 2.34. The predicted molar refractivity (Wildman–Crippen MR) is 69.6 cm³/mol. The molecule has 1 saturated heterocycles. The lowest BCUT2D eigenvalue weighted by molar-refractivity contribution is -0.139. The number of amides is 1. The van der Waals surface area contributed by atoms with Gasteiger partial charge in [-0.2, -0.15) is 0 Å². The Balaban J connectivity index is 2.29. The molecular formula is C13H22N2O4. The number of nitrogens with one attached hydrogen (secondary N) is 1. The molecule has 2 N–H and O–H groups in total. The highest BCUT2D eigenvalue weighted by atomic mass is 16.4. The molecule has 0 saturated carbocycles. The molecule has 1 aliphatic rings. The highest BCUT2D eigenvalue weighted by Gasteiger charge is 2.30. The number of carbonyl (C=O) groups excluding carboxylic acids is 2. The largest absolute Gasteiger partial charge is 0.481 e. The average Bonchev–Trinajstić information content (AvgIpc) is 2.21. The fraction of sp³-hybridized carbons (Fsp3) is 0.769. The number of carbonyl (C=O) groups is 3. The molecule has 1 heterocycles. The average molecular weight is 270 g/mol. The van der Waals surface area contributed by atoms with E-state index >= 15 is 0 Å². The molecule has 0 spiro atoms. The second kappa shape index (κ2) is 6.65. The third-order valence-electron chi connectivity index (χ3n) is 3.28. The lowest BCUT2D eigenvalue weighted by Crippen LogP contribution is -2.53. The standard InChI is InChI=1S/C13H22N2O4/c1-8(2)13(9(3)16)14-11(17)7-15-5-10(6-15)4-12(18)19/h8,10,13H,4-7H2,1-3H3,(H,14,17)(H,18,19). The van der Waals surface area contributed by atoms with Crippen molar-refractivity contribution in [1.82, 2.24) is 10.2 Å². The van der Waals surface area contributed by atoms with Crippen LogP contribution < -0.4 is 5.32 Å². The van der Waals surface area contributed by atoms with E-state index in [-0.39, 0.29) is 36.5 Å². The van der Waals surface area contributed by atoms with E-state index in [1.54, 1.807) is 0 Å². The number of Topliss-reactive ketones (excluding diaryl/α,β-unsaturated/α-hetero) is 1. The zero-order valence-corrected chi connectivity index (χ0v) is 11.7. The van der Waals surface area contributed by atoms with Crippen molar-refractivity contribution >= 4 is 17.7 Å². The highest BCUT2D eigenvalue weighted by Crippen LogP contribution is 2.18. The summed E-state index contributed by atoms with van der Waals surface area (Å²) in [6, 6.07) is -0.441. The molecule has 1 fully saturated rings. The van der Waals surface area contributed by atoms with E-state index in [1.165, 1.54) is 6.92 Å². The summed E-state index contributed by atoms with van der Waals surface area (Å²) in [7, 11) is 0. The monoisotopic (exact) mass is 270 g/mol. The van der Waals surface area contributed by atoms with Crippen LogP contribution in [-0.4, -0.2) is 53.3 Å². The highest BCUT2D eigenvalue weighted by molar-refractivity contribution is 5.88. The summed E-state index contributed by atoms with van der Waals surface area (Å²) in [5, 5.41) is 11.3. The molecular weight excluding hydrogens is 248 g/mol. The van der Waals surface area contributed by atoms with Gasteiger partial charge >= 0.3 is 5.97 Å². The Morgan fingerprint density at radius 3 is 2.32 bits per heavy atom. The van der Waals surface area contributed by atoms with Crippen LogP contribution in [0.2, 0.25) is 0 Å². The molecule has 1 amide bonds. The van der Waals surface area contributed by atoms with E-state index in [0.717, 1.165) is 0 Å². The number of hydrogen-bond donors (Lipinski definition) is 2. The van der Waals surface area contributed by atoms with Crippen LogP contribution in [0.4, 0.5) is 0 Å². The summed E-state index contributed by atoms with van der Waals surface area (Å²) in [6.07, 6.45) is 0.153. The molecule has 1 aliphatic heterocycles. The van der Waals surface area contributed by atoms with Crippen molar-refractivity contribution in [2.45, 2.75) is 33.2 Å². The Labute approximate surface area is 113 Å². The zero-order valence-electron chi connectivity index (χ0n) is 11.7. The molecule has 108 valence electrons. The molecule has 0 aromatic heterocycles. The summed E-state index contributed by atoms with van der Waals surface area (Å²) in [4.78, 5) is 35.5. The number of likely N-dealkylation sites (tertiary alicyclic amines) is 1. The quantitative estimate of drug-likeness (QED) is 0.686. The number of hydrogen-bond acceptors (Lipinski definition) is 4. The number of ketones is 1. The van der Waals surface area contributed by atoms with E-state index in [0.29, 0.717) is 13.1 Å². The first kappa shape index (κ1) is 15.6. The Morgan fingerprint density at radius 2 is 1.89 bits per heavy atom. The van der Waals surface area contributed by atoms with Crippen LogP contribution in [0.15, 0.2) is 0 Å². The second-order valence-corrected chi connectivity index (χ2v) is 5.56. The number of rotatable bonds is 7. The third kappa shape index (κ3) is 4.98. The minimum Gasteiger partial charge on any atom is -0.481 e. The van der Waals surface area contributed by atoms with Gasteiger partial charge in [-0.05, 0) is 18.8 Å². The van der Waals surface area contributed by atoms with Crippen molar-refractivity contribution in [3.8, 4) is 0 Å². The fourth-order valence-corrected chi connectivity index (χ4v) is 2.34. The Hall–Kier alpha value is -1.43. The van der Waals surface area contributed by atoms with Crippen LogP contribution in [0.25, 0.3) is 0 Å². The molecule has 0 aliphatic carbocycles. The second-order valence-electron chi connectivity index (χ2n) is 5.56. The molecule has 1 unspecified atom stereocenters. The molecule has 1 rings (SSSR count). The lowest BCUT2D eigenvalue weighted by atomic mass is 9.96. The molecule has 0 aromatic rings. The van der Waals surface area contributed by atoms with Crippen molar-refractivity contribution in [1.29, 1.82) is 0 Å². The maximum atomic E-state index is 11.8. The van der Waals surface area contributed by atoms with Gasteiger partial charge in [0.05, 0.1) is 19.0 Å².